The first-order chi connectivity index (χ1) is 8.68. The summed E-state index contributed by atoms with van der Waals surface area (Å²) >= 11 is 0. The van der Waals surface area contributed by atoms with Crippen molar-refractivity contribution in [3.05, 3.63) is 29.3 Å². The fourth-order valence-electron chi connectivity index (χ4n) is 2.78. The molecule has 1 saturated heterocycles. The Morgan fingerprint density at radius 1 is 1.44 bits per heavy atom. The molecule has 0 radical (unpaired) electrons. The first-order valence-electron chi connectivity index (χ1n) is 6.45. The normalized spacial score (nSPS) is 27.2. The van der Waals surface area contributed by atoms with Crippen LogP contribution in [0.4, 0.5) is 4.39 Å². The summed E-state index contributed by atoms with van der Waals surface area (Å²) in [6, 6.07) is 6.20. The number of aliphatic hydroxyl groups excluding tert-OH is 1. The minimum Gasteiger partial charge on any atom is -0.493 e. The summed E-state index contributed by atoms with van der Waals surface area (Å²) in [6.07, 6.45) is 1.39. The molecule has 0 amide bonds. The average molecular weight is 251 g/mol. The molecule has 1 N–H and O–H groups in total. The number of likely N-dealkylation sites (tertiary alicyclic amines) is 1. The fourth-order valence-corrected chi connectivity index (χ4v) is 2.78. The number of aliphatic hydroxyl groups is 1. The third-order valence-electron chi connectivity index (χ3n) is 3.83. The predicted molar refractivity (Wildman–Crippen MR) is 66.5 cm³/mol. The fraction of sp³-hybridized carbons (Fsp3) is 0.571. The molecule has 0 aliphatic carbocycles. The molecule has 98 valence electrons. The zero-order valence-electron chi connectivity index (χ0n) is 10.4. The van der Waals surface area contributed by atoms with Gasteiger partial charge in [-0.1, -0.05) is 12.1 Å². The predicted octanol–water partition coefficient (Wildman–Crippen LogP) is 1.53. The Labute approximate surface area is 106 Å². The van der Waals surface area contributed by atoms with Gasteiger partial charge in [0.25, 0.3) is 0 Å². The second-order valence-electron chi connectivity index (χ2n) is 5.31. The van der Waals surface area contributed by atoms with E-state index in [0.717, 1.165) is 25.3 Å². The average Bonchev–Trinajstić information content (AvgIpc) is 2.96. The van der Waals surface area contributed by atoms with Crippen LogP contribution in [-0.2, 0) is 13.0 Å². The van der Waals surface area contributed by atoms with Gasteiger partial charge in [-0.2, -0.15) is 0 Å². The van der Waals surface area contributed by atoms with E-state index in [1.54, 1.807) is 0 Å². The molecule has 4 heteroatoms. The lowest BCUT2D eigenvalue weighted by molar-refractivity contribution is 0.0769. The molecular formula is C14H18FNO2. The molecule has 1 atom stereocenters. The van der Waals surface area contributed by atoms with Crippen LogP contribution in [0.3, 0.4) is 0 Å². The highest BCUT2D eigenvalue weighted by Crippen LogP contribution is 2.29. The van der Waals surface area contributed by atoms with Gasteiger partial charge in [0.05, 0.1) is 13.2 Å². The zero-order chi connectivity index (χ0) is 12.6. The highest BCUT2D eigenvalue weighted by Gasteiger charge is 2.37. The Balaban J connectivity index is 1.67. The summed E-state index contributed by atoms with van der Waals surface area (Å²) in [5.74, 6) is 0.982. The van der Waals surface area contributed by atoms with Crippen LogP contribution in [0.25, 0.3) is 0 Å². The highest BCUT2D eigenvalue weighted by atomic mass is 19.1. The van der Waals surface area contributed by atoms with Crippen molar-refractivity contribution in [3.63, 3.8) is 0 Å². The maximum Gasteiger partial charge on any atom is 0.147 e. The maximum absolute atomic E-state index is 13.9. The monoisotopic (exact) mass is 251 g/mol. The van der Waals surface area contributed by atoms with Crippen LogP contribution in [0.5, 0.6) is 5.75 Å². The second kappa shape index (κ2) is 4.52. The van der Waals surface area contributed by atoms with Gasteiger partial charge in [0, 0.05) is 26.1 Å². The van der Waals surface area contributed by atoms with Crippen molar-refractivity contribution >= 4 is 0 Å². The number of halogens is 1. The van der Waals surface area contributed by atoms with E-state index in [1.807, 2.05) is 12.1 Å². The Morgan fingerprint density at radius 2 is 2.33 bits per heavy atom. The molecule has 1 aromatic carbocycles. The summed E-state index contributed by atoms with van der Waals surface area (Å²) in [5.41, 5.74) is 1.04. The van der Waals surface area contributed by atoms with Crippen molar-refractivity contribution in [1.82, 2.24) is 4.90 Å². The number of hydrogen-bond donors (Lipinski definition) is 1. The Kier molecular flexibility index (Phi) is 2.99. The molecule has 1 aromatic rings. The molecular weight excluding hydrogens is 233 g/mol. The lowest BCUT2D eigenvalue weighted by Gasteiger charge is -2.19. The van der Waals surface area contributed by atoms with E-state index in [0.29, 0.717) is 19.5 Å². The number of fused-ring (bicyclic) bond motifs is 1. The molecule has 0 bridgehead atoms. The highest BCUT2D eigenvalue weighted by molar-refractivity contribution is 5.39. The van der Waals surface area contributed by atoms with Crippen LogP contribution in [0.2, 0.25) is 0 Å². The van der Waals surface area contributed by atoms with Crippen molar-refractivity contribution in [1.29, 1.82) is 0 Å². The third-order valence-corrected chi connectivity index (χ3v) is 3.83. The minimum atomic E-state index is -1.40. The van der Waals surface area contributed by atoms with Crippen molar-refractivity contribution in [3.8, 4) is 5.75 Å². The van der Waals surface area contributed by atoms with E-state index >= 15 is 0 Å². The summed E-state index contributed by atoms with van der Waals surface area (Å²) in [7, 11) is 0. The summed E-state index contributed by atoms with van der Waals surface area (Å²) in [4.78, 5) is 2.06. The first-order valence-corrected chi connectivity index (χ1v) is 6.45. The number of ether oxygens (including phenoxy) is 1. The number of alkyl halides is 1. The first kappa shape index (κ1) is 11.9. The molecule has 2 heterocycles. The lowest BCUT2D eigenvalue weighted by Crippen LogP contribution is -2.32. The lowest BCUT2D eigenvalue weighted by atomic mass is 10.1. The van der Waals surface area contributed by atoms with Gasteiger partial charge in [0.2, 0.25) is 0 Å². The van der Waals surface area contributed by atoms with E-state index in [2.05, 4.69) is 11.0 Å². The summed E-state index contributed by atoms with van der Waals surface area (Å²) < 4.78 is 19.4. The summed E-state index contributed by atoms with van der Waals surface area (Å²) in [5, 5.41) is 9.02. The van der Waals surface area contributed by atoms with Crippen LogP contribution in [0.15, 0.2) is 18.2 Å². The van der Waals surface area contributed by atoms with Gasteiger partial charge in [0.15, 0.2) is 0 Å². The van der Waals surface area contributed by atoms with E-state index in [1.165, 1.54) is 11.1 Å². The van der Waals surface area contributed by atoms with Crippen molar-refractivity contribution in [2.45, 2.75) is 25.1 Å². The van der Waals surface area contributed by atoms with Crippen LogP contribution in [-0.4, -0.2) is 42.0 Å². The summed E-state index contributed by atoms with van der Waals surface area (Å²) in [6.45, 7) is 2.18. The number of rotatable bonds is 3. The van der Waals surface area contributed by atoms with Gasteiger partial charge in [0.1, 0.15) is 11.4 Å². The number of nitrogens with zero attached hydrogens (tertiary/aromatic N) is 1. The van der Waals surface area contributed by atoms with Crippen LogP contribution in [0, 0.1) is 0 Å². The minimum absolute atomic E-state index is 0.330. The van der Waals surface area contributed by atoms with Crippen molar-refractivity contribution in [2.75, 3.05) is 26.3 Å². The molecule has 0 saturated carbocycles. The largest absolute Gasteiger partial charge is 0.493 e. The molecule has 3 nitrogen and oxygen atoms in total. The smallest absolute Gasteiger partial charge is 0.147 e. The van der Waals surface area contributed by atoms with E-state index < -0.39 is 5.67 Å². The third kappa shape index (κ3) is 2.22. The molecule has 0 spiro atoms. The van der Waals surface area contributed by atoms with Gasteiger partial charge >= 0.3 is 0 Å². The molecule has 2 aliphatic heterocycles. The maximum atomic E-state index is 13.9. The van der Waals surface area contributed by atoms with Gasteiger partial charge < -0.3 is 9.84 Å². The SMILES string of the molecule is OCC1(F)CCN(Cc2ccc3c(c2)CCO3)C1. The Hall–Kier alpha value is -1.13. The van der Waals surface area contributed by atoms with E-state index in [-0.39, 0.29) is 6.61 Å². The van der Waals surface area contributed by atoms with Gasteiger partial charge in [-0.05, 0) is 23.6 Å². The molecule has 1 fully saturated rings. The van der Waals surface area contributed by atoms with Gasteiger partial charge in [-0.25, -0.2) is 4.39 Å². The van der Waals surface area contributed by atoms with Crippen molar-refractivity contribution in [2.24, 2.45) is 0 Å². The van der Waals surface area contributed by atoms with Crippen molar-refractivity contribution < 1.29 is 14.2 Å². The quantitative estimate of drug-likeness (QED) is 0.884. The number of hydrogen-bond acceptors (Lipinski definition) is 3. The van der Waals surface area contributed by atoms with E-state index in [9.17, 15) is 4.39 Å². The van der Waals surface area contributed by atoms with Crippen LogP contribution >= 0.6 is 0 Å². The molecule has 3 rings (SSSR count). The molecule has 1 unspecified atom stereocenters. The standard InChI is InChI=1S/C14H18FNO2/c15-14(10-17)4-5-16(9-14)8-11-1-2-13-12(7-11)3-6-18-13/h1-2,7,17H,3-6,8-10H2. The number of benzene rings is 1. The molecule has 2 aliphatic rings. The topological polar surface area (TPSA) is 32.7 Å². The van der Waals surface area contributed by atoms with Crippen LogP contribution in [0.1, 0.15) is 17.5 Å². The van der Waals surface area contributed by atoms with Crippen LogP contribution < -0.4 is 4.74 Å². The molecule has 18 heavy (non-hydrogen) atoms. The van der Waals surface area contributed by atoms with Gasteiger partial charge in [-0.3, -0.25) is 4.90 Å². The van der Waals surface area contributed by atoms with E-state index in [4.69, 9.17) is 9.84 Å². The molecule has 0 aromatic heterocycles. The Bertz CT molecular complexity index is 451. The Morgan fingerprint density at radius 3 is 3.11 bits per heavy atom. The zero-order valence-corrected chi connectivity index (χ0v) is 10.4. The second-order valence-corrected chi connectivity index (χ2v) is 5.31. The van der Waals surface area contributed by atoms with Gasteiger partial charge in [-0.15, -0.1) is 0 Å².